The van der Waals surface area contributed by atoms with Gasteiger partial charge in [0.05, 0.1) is 5.69 Å². The van der Waals surface area contributed by atoms with E-state index in [0.717, 1.165) is 19.4 Å². The first-order valence-corrected chi connectivity index (χ1v) is 5.66. The van der Waals surface area contributed by atoms with Gasteiger partial charge in [0, 0.05) is 18.2 Å². The molecular weight excluding hydrogens is 205 g/mol. The van der Waals surface area contributed by atoms with E-state index in [1.54, 1.807) is 12.1 Å². The van der Waals surface area contributed by atoms with Crippen molar-refractivity contribution >= 4 is 11.5 Å². The number of ketones is 1. The van der Waals surface area contributed by atoms with Gasteiger partial charge in [0.25, 0.3) is 0 Å². The van der Waals surface area contributed by atoms with E-state index in [2.05, 4.69) is 11.8 Å². The minimum absolute atomic E-state index is 0.0973. The smallest absolute Gasteiger partial charge is 0.159 e. The number of rotatable bonds is 2. The van der Waals surface area contributed by atoms with Crippen molar-refractivity contribution in [2.75, 3.05) is 11.4 Å². The normalized spacial score (nSPS) is 20.2. The maximum Gasteiger partial charge on any atom is 0.159 e. The number of Topliss-reactive ketones (excluding diaryl/α,β-unsaturated/α-hetero) is 1. The Morgan fingerprint density at radius 3 is 2.75 bits per heavy atom. The topological polar surface area (TPSA) is 20.3 Å². The van der Waals surface area contributed by atoms with Gasteiger partial charge in [0.15, 0.2) is 5.78 Å². The molecule has 0 amide bonds. The van der Waals surface area contributed by atoms with Crippen LogP contribution in [0.5, 0.6) is 0 Å². The molecule has 2 rings (SSSR count). The van der Waals surface area contributed by atoms with Crippen LogP contribution >= 0.6 is 0 Å². The molecule has 3 heteroatoms. The fraction of sp³-hybridized carbons (Fsp3) is 0.462. The Kier molecular flexibility index (Phi) is 2.95. The number of halogens is 1. The monoisotopic (exact) mass is 221 g/mol. The average Bonchev–Trinajstić information content (AvgIpc) is 2.64. The second kappa shape index (κ2) is 4.24. The van der Waals surface area contributed by atoms with Gasteiger partial charge in [-0.3, -0.25) is 4.79 Å². The summed E-state index contributed by atoms with van der Waals surface area (Å²) in [6.45, 7) is 4.45. The van der Waals surface area contributed by atoms with Crippen molar-refractivity contribution in [2.24, 2.45) is 0 Å². The molecule has 0 N–H and O–H groups in total. The lowest BCUT2D eigenvalue weighted by Crippen LogP contribution is -2.27. The van der Waals surface area contributed by atoms with Crippen LogP contribution in [0.15, 0.2) is 18.2 Å². The van der Waals surface area contributed by atoms with Gasteiger partial charge in [-0.25, -0.2) is 4.39 Å². The second-order valence-electron chi connectivity index (χ2n) is 4.41. The summed E-state index contributed by atoms with van der Waals surface area (Å²) in [5.74, 6) is -0.388. The van der Waals surface area contributed by atoms with Crippen molar-refractivity contribution in [3.8, 4) is 0 Å². The minimum Gasteiger partial charge on any atom is -0.366 e. The number of carbonyl (C=O) groups excluding carboxylic acids is 1. The van der Waals surface area contributed by atoms with E-state index < -0.39 is 0 Å². The van der Waals surface area contributed by atoms with Crippen molar-refractivity contribution < 1.29 is 9.18 Å². The highest BCUT2D eigenvalue weighted by Gasteiger charge is 2.23. The van der Waals surface area contributed by atoms with Gasteiger partial charge in [0.2, 0.25) is 0 Å². The summed E-state index contributed by atoms with van der Waals surface area (Å²) >= 11 is 0. The van der Waals surface area contributed by atoms with E-state index in [4.69, 9.17) is 0 Å². The van der Waals surface area contributed by atoms with Gasteiger partial charge in [-0.05, 0) is 44.9 Å². The summed E-state index contributed by atoms with van der Waals surface area (Å²) in [4.78, 5) is 13.2. The highest BCUT2D eigenvalue weighted by Crippen LogP contribution is 2.28. The molecule has 1 aliphatic rings. The molecule has 1 aromatic rings. The molecule has 0 radical (unpaired) electrons. The van der Waals surface area contributed by atoms with Crippen LogP contribution < -0.4 is 4.90 Å². The molecule has 0 aliphatic carbocycles. The molecule has 1 aliphatic heterocycles. The standard InChI is InChI=1S/C13H16FNO/c1-9-4-3-7-15(9)13-6-5-11(10(2)16)8-12(13)14/h5-6,8-9H,3-4,7H2,1-2H3. The van der Waals surface area contributed by atoms with Crippen LogP contribution in [0.25, 0.3) is 0 Å². The lowest BCUT2D eigenvalue weighted by Gasteiger charge is -2.24. The number of benzene rings is 1. The molecule has 2 nitrogen and oxygen atoms in total. The zero-order valence-corrected chi connectivity index (χ0v) is 9.66. The lowest BCUT2D eigenvalue weighted by molar-refractivity contribution is 0.101. The van der Waals surface area contributed by atoms with E-state index in [1.165, 1.54) is 13.0 Å². The van der Waals surface area contributed by atoms with Crippen LogP contribution in [0.4, 0.5) is 10.1 Å². The third kappa shape index (κ3) is 1.94. The van der Waals surface area contributed by atoms with Gasteiger partial charge in [-0.15, -0.1) is 0 Å². The van der Waals surface area contributed by atoms with Crippen molar-refractivity contribution in [3.63, 3.8) is 0 Å². The predicted octanol–water partition coefficient (Wildman–Crippen LogP) is 3.02. The molecule has 0 spiro atoms. The molecule has 1 atom stereocenters. The predicted molar refractivity (Wildman–Crippen MR) is 62.4 cm³/mol. The van der Waals surface area contributed by atoms with Crippen LogP contribution in [0.2, 0.25) is 0 Å². The molecule has 0 saturated carbocycles. The first kappa shape index (κ1) is 11.1. The molecule has 1 saturated heterocycles. The molecule has 0 bridgehead atoms. The third-order valence-corrected chi connectivity index (χ3v) is 3.22. The number of anilines is 1. The molecule has 1 fully saturated rings. The largest absolute Gasteiger partial charge is 0.366 e. The maximum atomic E-state index is 13.8. The molecule has 0 aromatic heterocycles. The number of hydrogen-bond acceptors (Lipinski definition) is 2. The summed E-state index contributed by atoms with van der Waals surface area (Å²) in [6.07, 6.45) is 2.21. The van der Waals surface area contributed by atoms with Gasteiger partial charge in [-0.1, -0.05) is 0 Å². The fourth-order valence-corrected chi connectivity index (χ4v) is 2.25. The van der Waals surface area contributed by atoms with Crippen molar-refractivity contribution in [2.45, 2.75) is 32.7 Å². The molecule has 16 heavy (non-hydrogen) atoms. The van der Waals surface area contributed by atoms with E-state index in [9.17, 15) is 9.18 Å². The molecule has 86 valence electrons. The fourth-order valence-electron chi connectivity index (χ4n) is 2.25. The Morgan fingerprint density at radius 2 is 2.25 bits per heavy atom. The molecule has 1 heterocycles. The van der Waals surface area contributed by atoms with E-state index >= 15 is 0 Å². The zero-order valence-electron chi connectivity index (χ0n) is 9.66. The van der Waals surface area contributed by atoms with Gasteiger partial charge < -0.3 is 4.90 Å². The number of hydrogen-bond donors (Lipinski definition) is 0. The van der Waals surface area contributed by atoms with Crippen LogP contribution in [0.1, 0.15) is 37.0 Å². The average molecular weight is 221 g/mol. The zero-order chi connectivity index (χ0) is 11.7. The lowest BCUT2D eigenvalue weighted by atomic mass is 10.1. The highest BCUT2D eigenvalue weighted by atomic mass is 19.1. The Labute approximate surface area is 95.1 Å². The van der Waals surface area contributed by atoms with Gasteiger partial charge >= 0.3 is 0 Å². The Bertz CT molecular complexity index is 416. The van der Waals surface area contributed by atoms with E-state index in [1.807, 2.05) is 0 Å². The van der Waals surface area contributed by atoms with Crippen LogP contribution in [0, 0.1) is 5.82 Å². The Morgan fingerprint density at radius 1 is 1.50 bits per heavy atom. The number of carbonyl (C=O) groups is 1. The first-order chi connectivity index (χ1) is 7.59. The van der Waals surface area contributed by atoms with E-state index in [-0.39, 0.29) is 11.6 Å². The van der Waals surface area contributed by atoms with Crippen molar-refractivity contribution in [3.05, 3.63) is 29.6 Å². The van der Waals surface area contributed by atoms with Gasteiger partial charge in [0.1, 0.15) is 5.82 Å². The van der Waals surface area contributed by atoms with Crippen LogP contribution in [-0.2, 0) is 0 Å². The molecular formula is C13H16FNO. The summed E-state index contributed by atoms with van der Waals surface area (Å²) in [5.41, 5.74) is 1.06. The van der Waals surface area contributed by atoms with Crippen LogP contribution in [-0.4, -0.2) is 18.4 Å². The minimum atomic E-state index is -0.290. The summed E-state index contributed by atoms with van der Waals surface area (Å²) in [7, 11) is 0. The van der Waals surface area contributed by atoms with Gasteiger partial charge in [-0.2, -0.15) is 0 Å². The summed E-state index contributed by atoms with van der Waals surface area (Å²) < 4.78 is 13.8. The van der Waals surface area contributed by atoms with Crippen molar-refractivity contribution in [1.29, 1.82) is 0 Å². The van der Waals surface area contributed by atoms with Crippen LogP contribution in [0.3, 0.4) is 0 Å². The third-order valence-electron chi connectivity index (χ3n) is 3.22. The SMILES string of the molecule is CC(=O)c1ccc(N2CCCC2C)c(F)c1. The second-order valence-corrected chi connectivity index (χ2v) is 4.41. The molecule has 1 unspecified atom stereocenters. The quantitative estimate of drug-likeness (QED) is 0.715. The summed E-state index contributed by atoms with van der Waals surface area (Å²) in [5, 5.41) is 0. The Balaban J connectivity index is 2.32. The number of nitrogens with zero attached hydrogens (tertiary/aromatic N) is 1. The highest BCUT2D eigenvalue weighted by molar-refractivity contribution is 5.94. The maximum absolute atomic E-state index is 13.8. The van der Waals surface area contributed by atoms with E-state index in [0.29, 0.717) is 17.3 Å². The Hall–Kier alpha value is -1.38. The summed E-state index contributed by atoms with van der Waals surface area (Å²) in [6, 6.07) is 5.14. The first-order valence-electron chi connectivity index (χ1n) is 5.66. The van der Waals surface area contributed by atoms with Crippen molar-refractivity contribution in [1.82, 2.24) is 0 Å². The molecule has 1 aromatic carbocycles.